The normalized spacial score (nSPS) is 17.0. The highest BCUT2D eigenvalue weighted by molar-refractivity contribution is 5.82. The Hall–Kier alpha value is -2.81. The summed E-state index contributed by atoms with van der Waals surface area (Å²) in [7, 11) is 1.96. The minimum atomic E-state index is -0.798. The molecule has 2 aliphatic heterocycles. The Kier molecular flexibility index (Phi) is 6.04. The number of nitrogens with two attached hydrogens (primary N) is 1. The number of halogens is 1. The van der Waals surface area contributed by atoms with Gasteiger partial charge in [0, 0.05) is 26.1 Å². The second-order valence-electron chi connectivity index (χ2n) is 8.33. The van der Waals surface area contributed by atoms with E-state index in [9.17, 15) is 4.39 Å². The third kappa shape index (κ3) is 4.19. The van der Waals surface area contributed by atoms with Crippen LogP contribution >= 0.6 is 0 Å². The molecule has 1 unspecified atom stereocenters. The zero-order chi connectivity index (χ0) is 22.1. The molecule has 2 aromatic rings. The molecule has 0 amide bonds. The second kappa shape index (κ2) is 8.74. The lowest BCUT2D eigenvalue weighted by molar-refractivity contribution is 0.174. The number of rotatable bonds is 8. The number of likely N-dealkylation sites (N-methyl/N-ethyl adjacent to an activating group) is 1. The number of nitrogens with one attached hydrogen (secondary N) is 1. The van der Waals surface area contributed by atoms with E-state index in [0.717, 1.165) is 37.4 Å². The molecule has 0 bridgehead atoms. The standard InChI is InChI=1S/C22H31FN6O2/c1-5-14-9-16-17(31-12-30-16)10-15(14)11-18-28(4)19-20(24)26-22(23)27-21(19)29(18)8-6-7-25-13(2)3/h9-10,13,18,25H,5-8,11-12H2,1-4H3,(H2,24,26,27). The predicted molar refractivity (Wildman–Crippen MR) is 119 cm³/mol. The maximum atomic E-state index is 14.0. The molecule has 4 rings (SSSR count). The third-order valence-electron chi connectivity index (χ3n) is 5.90. The number of benzene rings is 1. The van der Waals surface area contributed by atoms with Gasteiger partial charge in [-0.1, -0.05) is 20.8 Å². The van der Waals surface area contributed by atoms with Crippen LogP contribution in [0.4, 0.5) is 21.7 Å². The number of aryl methyl sites for hydroxylation is 1. The van der Waals surface area contributed by atoms with Crippen LogP contribution in [-0.4, -0.2) is 49.1 Å². The van der Waals surface area contributed by atoms with Crippen LogP contribution < -0.4 is 30.3 Å². The average Bonchev–Trinajstić information content (AvgIpc) is 3.27. The molecule has 3 heterocycles. The van der Waals surface area contributed by atoms with Crippen LogP contribution in [-0.2, 0) is 12.8 Å². The summed E-state index contributed by atoms with van der Waals surface area (Å²) in [5.41, 5.74) is 9.16. The zero-order valence-corrected chi connectivity index (χ0v) is 18.6. The summed E-state index contributed by atoms with van der Waals surface area (Å²) >= 11 is 0. The Labute approximate surface area is 182 Å². The Morgan fingerprint density at radius 3 is 2.61 bits per heavy atom. The third-order valence-corrected chi connectivity index (χ3v) is 5.90. The summed E-state index contributed by atoms with van der Waals surface area (Å²) in [6.45, 7) is 8.21. The van der Waals surface area contributed by atoms with Crippen LogP contribution in [0.2, 0.25) is 0 Å². The van der Waals surface area contributed by atoms with E-state index in [0.29, 0.717) is 24.0 Å². The predicted octanol–water partition coefficient (Wildman–Crippen LogP) is 2.70. The maximum Gasteiger partial charge on any atom is 0.312 e. The largest absolute Gasteiger partial charge is 0.454 e. The highest BCUT2D eigenvalue weighted by Crippen LogP contribution is 2.42. The molecule has 3 N–H and O–H groups in total. The number of nitrogens with zero attached hydrogens (tertiary/aromatic N) is 4. The number of ether oxygens (including phenoxy) is 2. The molecule has 0 fully saturated rings. The van der Waals surface area contributed by atoms with Gasteiger partial charge in [-0.3, -0.25) is 0 Å². The average molecular weight is 431 g/mol. The Bertz CT molecular complexity index is 954. The van der Waals surface area contributed by atoms with E-state index in [4.69, 9.17) is 15.2 Å². The van der Waals surface area contributed by atoms with Crippen molar-refractivity contribution < 1.29 is 13.9 Å². The number of anilines is 3. The topological polar surface area (TPSA) is 88.8 Å². The number of nitrogen functional groups attached to an aromatic ring is 1. The number of hydrogen-bond acceptors (Lipinski definition) is 8. The van der Waals surface area contributed by atoms with Crippen molar-refractivity contribution in [1.82, 2.24) is 15.3 Å². The molecule has 0 saturated heterocycles. The Morgan fingerprint density at radius 1 is 1.23 bits per heavy atom. The van der Waals surface area contributed by atoms with Gasteiger partial charge in [-0.2, -0.15) is 14.4 Å². The van der Waals surface area contributed by atoms with E-state index in [-0.39, 0.29) is 18.8 Å². The molecule has 0 radical (unpaired) electrons. The first-order chi connectivity index (χ1) is 14.9. The van der Waals surface area contributed by atoms with Gasteiger partial charge in [0.05, 0.1) is 0 Å². The van der Waals surface area contributed by atoms with E-state index in [1.54, 1.807) is 0 Å². The lowest BCUT2D eigenvalue weighted by atomic mass is 9.99. The Morgan fingerprint density at radius 2 is 1.94 bits per heavy atom. The first-order valence-corrected chi connectivity index (χ1v) is 10.9. The molecular formula is C22H31FN6O2. The Balaban J connectivity index is 1.64. The fourth-order valence-corrected chi connectivity index (χ4v) is 4.35. The summed E-state index contributed by atoms with van der Waals surface area (Å²) in [6.07, 6.45) is 1.64. The van der Waals surface area contributed by atoms with Gasteiger partial charge in [0.25, 0.3) is 0 Å². The van der Waals surface area contributed by atoms with Gasteiger partial charge < -0.3 is 30.3 Å². The molecule has 2 aliphatic rings. The lowest BCUT2D eigenvalue weighted by Gasteiger charge is -2.31. The SMILES string of the molecule is CCc1cc2c(cc1CC1N(C)c3c(N)nc(F)nc3N1CCCNC(C)C)OCO2. The zero-order valence-electron chi connectivity index (χ0n) is 18.6. The molecule has 168 valence electrons. The fraction of sp³-hybridized carbons (Fsp3) is 0.545. The quantitative estimate of drug-likeness (QED) is 0.488. The number of fused-ring (bicyclic) bond motifs is 2. The van der Waals surface area contributed by atoms with Gasteiger partial charge in [0.2, 0.25) is 6.79 Å². The van der Waals surface area contributed by atoms with Crippen LogP contribution in [0.5, 0.6) is 11.5 Å². The van der Waals surface area contributed by atoms with Crippen LogP contribution in [0.25, 0.3) is 0 Å². The van der Waals surface area contributed by atoms with Gasteiger partial charge in [-0.05, 0) is 42.6 Å². The molecule has 1 aromatic heterocycles. The minimum Gasteiger partial charge on any atom is -0.454 e. The molecule has 1 aromatic carbocycles. The van der Waals surface area contributed by atoms with Crippen LogP contribution in [0.3, 0.4) is 0 Å². The molecule has 0 saturated carbocycles. The fourth-order valence-electron chi connectivity index (χ4n) is 4.35. The summed E-state index contributed by atoms with van der Waals surface area (Å²) in [5, 5.41) is 3.44. The summed E-state index contributed by atoms with van der Waals surface area (Å²) in [4.78, 5) is 12.1. The van der Waals surface area contributed by atoms with Gasteiger partial charge >= 0.3 is 6.08 Å². The van der Waals surface area contributed by atoms with E-state index >= 15 is 0 Å². The molecule has 0 spiro atoms. The summed E-state index contributed by atoms with van der Waals surface area (Å²) in [5.74, 6) is 2.28. The number of aromatic nitrogens is 2. The van der Waals surface area contributed by atoms with Crippen molar-refractivity contribution in [2.24, 2.45) is 0 Å². The first kappa shape index (κ1) is 21.4. The smallest absolute Gasteiger partial charge is 0.312 e. The first-order valence-electron chi connectivity index (χ1n) is 10.9. The van der Waals surface area contributed by atoms with Crippen molar-refractivity contribution >= 4 is 17.3 Å². The van der Waals surface area contributed by atoms with Crippen LogP contribution in [0.15, 0.2) is 12.1 Å². The van der Waals surface area contributed by atoms with Crippen molar-refractivity contribution in [2.75, 3.05) is 42.5 Å². The monoisotopic (exact) mass is 430 g/mol. The van der Waals surface area contributed by atoms with E-state index in [1.807, 2.05) is 7.05 Å². The van der Waals surface area contributed by atoms with Crippen LogP contribution in [0, 0.1) is 6.08 Å². The summed E-state index contributed by atoms with van der Waals surface area (Å²) in [6, 6.07) is 4.54. The number of hydrogen-bond donors (Lipinski definition) is 2. The van der Waals surface area contributed by atoms with Crippen molar-refractivity contribution in [3.63, 3.8) is 0 Å². The minimum absolute atomic E-state index is 0.0573. The highest BCUT2D eigenvalue weighted by Gasteiger charge is 2.38. The van der Waals surface area contributed by atoms with Crippen molar-refractivity contribution in [3.05, 3.63) is 29.3 Å². The van der Waals surface area contributed by atoms with Gasteiger partial charge in [0.1, 0.15) is 11.9 Å². The molecule has 31 heavy (non-hydrogen) atoms. The molecule has 1 atom stereocenters. The lowest BCUT2D eigenvalue weighted by Crippen LogP contribution is -2.44. The molecule has 9 heteroatoms. The highest BCUT2D eigenvalue weighted by atomic mass is 19.1. The van der Waals surface area contributed by atoms with Gasteiger partial charge in [-0.25, -0.2) is 0 Å². The van der Waals surface area contributed by atoms with Crippen molar-refractivity contribution in [1.29, 1.82) is 0 Å². The van der Waals surface area contributed by atoms with E-state index < -0.39 is 6.08 Å². The van der Waals surface area contributed by atoms with Crippen molar-refractivity contribution in [2.45, 2.75) is 52.2 Å². The van der Waals surface area contributed by atoms with E-state index in [1.165, 1.54) is 11.1 Å². The molecule has 0 aliphatic carbocycles. The molecular weight excluding hydrogens is 399 g/mol. The maximum absolute atomic E-state index is 14.0. The van der Waals surface area contributed by atoms with Gasteiger partial charge in [0.15, 0.2) is 23.1 Å². The summed E-state index contributed by atoms with van der Waals surface area (Å²) < 4.78 is 25.2. The van der Waals surface area contributed by atoms with Gasteiger partial charge in [-0.15, -0.1) is 0 Å². The molecule has 8 nitrogen and oxygen atoms in total. The van der Waals surface area contributed by atoms with Crippen LogP contribution in [0.1, 0.15) is 38.3 Å². The second-order valence-corrected chi connectivity index (χ2v) is 8.33. The van der Waals surface area contributed by atoms with Crippen molar-refractivity contribution in [3.8, 4) is 11.5 Å². The van der Waals surface area contributed by atoms with E-state index in [2.05, 4.69) is 58.0 Å².